The Hall–Kier alpha value is -1.47. The van der Waals surface area contributed by atoms with Gasteiger partial charge in [-0.25, -0.2) is 4.98 Å². The summed E-state index contributed by atoms with van der Waals surface area (Å²) in [5.74, 6) is 1.89. The molecular formula is C22H30N4O2. The number of nitrogens with zero attached hydrogens (tertiary/aromatic N) is 4. The molecule has 1 aromatic carbocycles. The van der Waals surface area contributed by atoms with Gasteiger partial charge in [0.25, 0.3) is 0 Å². The van der Waals surface area contributed by atoms with Crippen LogP contribution in [0.3, 0.4) is 0 Å². The van der Waals surface area contributed by atoms with Crippen LogP contribution in [0.15, 0.2) is 24.3 Å². The van der Waals surface area contributed by atoms with Gasteiger partial charge in [0.1, 0.15) is 11.5 Å². The molecule has 4 aliphatic rings. The van der Waals surface area contributed by atoms with E-state index in [4.69, 9.17) is 14.5 Å². The zero-order valence-electron chi connectivity index (χ0n) is 16.6. The predicted molar refractivity (Wildman–Crippen MR) is 107 cm³/mol. The van der Waals surface area contributed by atoms with Gasteiger partial charge in [0.15, 0.2) is 0 Å². The lowest BCUT2D eigenvalue weighted by Gasteiger charge is -2.52. The number of hydrogen-bond acceptors (Lipinski definition) is 5. The second-order valence-corrected chi connectivity index (χ2v) is 8.72. The number of rotatable bonds is 2. The minimum atomic E-state index is 0.0520. The van der Waals surface area contributed by atoms with E-state index in [1.54, 1.807) is 0 Å². The van der Waals surface area contributed by atoms with Crippen molar-refractivity contribution in [2.75, 3.05) is 52.6 Å². The van der Waals surface area contributed by atoms with Crippen LogP contribution >= 0.6 is 0 Å². The molecule has 0 radical (unpaired) electrons. The summed E-state index contributed by atoms with van der Waals surface area (Å²) >= 11 is 0. The Morgan fingerprint density at radius 2 is 1.68 bits per heavy atom. The first-order chi connectivity index (χ1) is 13.9. The number of imidazole rings is 1. The van der Waals surface area contributed by atoms with E-state index in [9.17, 15) is 0 Å². The molecule has 0 unspecified atom stereocenters. The molecule has 0 spiro atoms. The zero-order valence-corrected chi connectivity index (χ0v) is 16.6. The van der Waals surface area contributed by atoms with Gasteiger partial charge < -0.3 is 14.0 Å². The van der Waals surface area contributed by atoms with E-state index in [1.165, 1.54) is 37.0 Å². The third-order valence-electron chi connectivity index (χ3n) is 7.52. The number of benzene rings is 1. The molecule has 3 fully saturated rings. The largest absolute Gasteiger partial charge is 0.379 e. The Morgan fingerprint density at radius 3 is 2.50 bits per heavy atom. The first-order valence-corrected chi connectivity index (χ1v) is 11.0. The molecule has 6 heteroatoms. The van der Waals surface area contributed by atoms with Crippen LogP contribution in [-0.2, 0) is 15.1 Å². The number of hydrogen-bond donors (Lipinski definition) is 0. The normalized spacial score (nSPS) is 34.4. The number of morpholine rings is 2. The van der Waals surface area contributed by atoms with Gasteiger partial charge in [-0.15, -0.1) is 0 Å². The van der Waals surface area contributed by atoms with E-state index < -0.39 is 0 Å². The summed E-state index contributed by atoms with van der Waals surface area (Å²) in [6.45, 7) is 7.46. The predicted octanol–water partition coefficient (Wildman–Crippen LogP) is 2.60. The third-order valence-corrected chi connectivity index (χ3v) is 7.52. The zero-order chi connectivity index (χ0) is 18.6. The molecule has 3 aliphatic heterocycles. The molecule has 1 saturated carbocycles. The SMILES string of the molecule is c1ccc2c(c1)nc1n2[C@]2(N3CCOCC3)CCCC[C@H]2[C@@H]1N1CCOCC1. The minimum Gasteiger partial charge on any atom is -0.379 e. The lowest BCUT2D eigenvalue weighted by Crippen LogP contribution is -2.59. The number of para-hydroxylation sites is 2. The van der Waals surface area contributed by atoms with Crippen molar-refractivity contribution in [3.63, 3.8) is 0 Å². The molecule has 150 valence electrons. The summed E-state index contributed by atoms with van der Waals surface area (Å²) in [6.07, 6.45) is 5.15. The van der Waals surface area contributed by atoms with E-state index in [0.717, 1.165) is 58.1 Å². The molecule has 3 atom stereocenters. The second kappa shape index (κ2) is 6.80. The molecule has 0 N–H and O–H groups in total. The van der Waals surface area contributed by atoms with Gasteiger partial charge in [0.05, 0.1) is 43.5 Å². The van der Waals surface area contributed by atoms with Crippen LogP contribution in [0.25, 0.3) is 11.0 Å². The maximum atomic E-state index is 5.74. The van der Waals surface area contributed by atoms with Crippen LogP contribution in [0.1, 0.15) is 37.5 Å². The molecule has 1 aliphatic carbocycles. The average molecular weight is 383 g/mol. The van der Waals surface area contributed by atoms with Crippen molar-refractivity contribution in [2.45, 2.75) is 37.4 Å². The van der Waals surface area contributed by atoms with E-state index in [2.05, 4.69) is 38.6 Å². The van der Waals surface area contributed by atoms with Crippen LogP contribution in [-0.4, -0.2) is 72.0 Å². The molecule has 2 aromatic rings. The second-order valence-electron chi connectivity index (χ2n) is 8.72. The van der Waals surface area contributed by atoms with Crippen LogP contribution in [0.5, 0.6) is 0 Å². The van der Waals surface area contributed by atoms with Crippen LogP contribution in [0, 0.1) is 5.92 Å². The van der Waals surface area contributed by atoms with Crippen molar-refractivity contribution in [3.05, 3.63) is 30.1 Å². The van der Waals surface area contributed by atoms with Crippen molar-refractivity contribution in [1.29, 1.82) is 0 Å². The molecular weight excluding hydrogens is 352 g/mol. The first-order valence-electron chi connectivity index (χ1n) is 11.0. The van der Waals surface area contributed by atoms with Gasteiger partial charge in [-0.2, -0.15) is 0 Å². The van der Waals surface area contributed by atoms with Gasteiger partial charge in [0.2, 0.25) is 0 Å². The molecule has 2 saturated heterocycles. The number of ether oxygens (including phenoxy) is 2. The first kappa shape index (κ1) is 17.4. The highest BCUT2D eigenvalue weighted by atomic mass is 16.5. The molecule has 0 amide bonds. The number of aromatic nitrogens is 2. The van der Waals surface area contributed by atoms with Gasteiger partial charge in [-0.05, 0) is 31.4 Å². The summed E-state index contributed by atoms with van der Waals surface area (Å²) in [5.41, 5.74) is 2.51. The van der Waals surface area contributed by atoms with Gasteiger partial charge in [0, 0.05) is 32.1 Å². The Kier molecular flexibility index (Phi) is 4.22. The van der Waals surface area contributed by atoms with Crippen molar-refractivity contribution in [2.24, 2.45) is 5.92 Å². The fourth-order valence-electron chi connectivity index (χ4n) is 6.44. The van der Waals surface area contributed by atoms with Crippen LogP contribution in [0.2, 0.25) is 0 Å². The number of fused-ring (bicyclic) bond motifs is 5. The van der Waals surface area contributed by atoms with Crippen LogP contribution in [0.4, 0.5) is 0 Å². The Labute approximate surface area is 166 Å². The Balaban J connectivity index is 1.56. The summed E-state index contributed by atoms with van der Waals surface area (Å²) < 4.78 is 14.1. The highest BCUT2D eigenvalue weighted by molar-refractivity contribution is 5.77. The topological polar surface area (TPSA) is 42.8 Å². The maximum Gasteiger partial charge on any atom is 0.129 e. The van der Waals surface area contributed by atoms with Gasteiger partial charge in [-0.3, -0.25) is 9.80 Å². The molecule has 0 bridgehead atoms. The van der Waals surface area contributed by atoms with E-state index in [-0.39, 0.29) is 5.66 Å². The van der Waals surface area contributed by atoms with Gasteiger partial charge in [-0.1, -0.05) is 18.6 Å². The van der Waals surface area contributed by atoms with E-state index >= 15 is 0 Å². The smallest absolute Gasteiger partial charge is 0.129 e. The van der Waals surface area contributed by atoms with Crippen LogP contribution < -0.4 is 0 Å². The highest BCUT2D eigenvalue weighted by Crippen LogP contribution is 2.57. The molecule has 6 rings (SSSR count). The summed E-state index contributed by atoms with van der Waals surface area (Å²) in [7, 11) is 0. The standard InChI is InChI=1S/C22H30N4O2/c1-2-7-19-18(6-1)23-21-20(24-9-13-27-14-10-24)17-5-3-4-8-22(17,26(19)21)25-11-15-28-16-12-25/h1-2,6-7,17,20H,3-5,8-16H2/t17-,20-,22+/m0/s1. The Bertz CT molecular complexity index is 855. The summed E-state index contributed by atoms with van der Waals surface area (Å²) in [6, 6.07) is 9.15. The molecule has 4 heterocycles. The minimum absolute atomic E-state index is 0.0520. The monoisotopic (exact) mass is 382 g/mol. The highest BCUT2D eigenvalue weighted by Gasteiger charge is 2.59. The molecule has 28 heavy (non-hydrogen) atoms. The summed E-state index contributed by atoms with van der Waals surface area (Å²) in [4.78, 5) is 10.7. The van der Waals surface area contributed by atoms with Crippen molar-refractivity contribution < 1.29 is 9.47 Å². The lowest BCUT2D eigenvalue weighted by atomic mass is 9.75. The van der Waals surface area contributed by atoms with E-state index in [0.29, 0.717) is 12.0 Å². The van der Waals surface area contributed by atoms with Crippen molar-refractivity contribution >= 4 is 11.0 Å². The van der Waals surface area contributed by atoms with Crippen molar-refractivity contribution in [1.82, 2.24) is 19.4 Å². The third kappa shape index (κ3) is 2.38. The summed E-state index contributed by atoms with van der Waals surface area (Å²) in [5, 5.41) is 0. The molecule has 6 nitrogen and oxygen atoms in total. The average Bonchev–Trinajstić information content (AvgIpc) is 3.28. The Morgan fingerprint density at radius 1 is 0.929 bits per heavy atom. The van der Waals surface area contributed by atoms with E-state index in [1.807, 2.05) is 0 Å². The lowest BCUT2D eigenvalue weighted by molar-refractivity contribution is -0.112. The fraction of sp³-hybridized carbons (Fsp3) is 0.682. The quantitative estimate of drug-likeness (QED) is 0.799. The molecule has 1 aromatic heterocycles. The maximum absolute atomic E-state index is 5.74. The van der Waals surface area contributed by atoms with Gasteiger partial charge >= 0.3 is 0 Å². The van der Waals surface area contributed by atoms with Crippen molar-refractivity contribution in [3.8, 4) is 0 Å². The fourth-order valence-corrected chi connectivity index (χ4v) is 6.44.